The van der Waals surface area contributed by atoms with Crippen molar-refractivity contribution in [2.24, 2.45) is 0 Å². The van der Waals surface area contributed by atoms with E-state index in [1.165, 1.54) is 0 Å². The number of methoxy groups -OCH3 is 2. The smallest absolute Gasteiger partial charge is 0.123 e. The summed E-state index contributed by atoms with van der Waals surface area (Å²) in [6.07, 6.45) is 0.917. The molecule has 0 aliphatic rings. The second-order valence-corrected chi connectivity index (χ2v) is 4.37. The molecule has 0 radical (unpaired) electrons. The molecule has 0 fully saturated rings. The van der Waals surface area contributed by atoms with Gasteiger partial charge in [-0.2, -0.15) is 0 Å². The fourth-order valence-corrected chi connectivity index (χ4v) is 2.07. The average Bonchev–Trinajstić information content (AvgIpc) is 2.47. The third-order valence-corrected chi connectivity index (χ3v) is 3.21. The Morgan fingerprint density at radius 3 is 2.05 bits per heavy atom. The zero-order chi connectivity index (χ0) is 13.8. The molecular weight excluding hydrogens is 238 g/mol. The molecule has 100 valence electrons. The van der Waals surface area contributed by atoms with Gasteiger partial charge in [0.25, 0.3) is 0 Å². The number of nitrogen functional groups attached to an aromatic ring is 1. The van der Waals surface area contributed by atoms with E-state index in [0.717, 1.165) is 40.3 Å². The first-order valence-electron chi connectivity index (χ1n) is 6.29. The van der Waals surface area contributed by atoms with Crippen molar-refractivity contribution in [3.05, 3.63) is 42.0 Å². The third-order valence-electron chi connectivity index (χ3n) is 3.21. The van der Waals surface area contributed by atoms with Gasteiger partial charge in [-0.3, -0.25) is 0 Å². The van der Waals surface area contributed by atoms with Gasteiger partial charge in [0.05, 0.1) is 14.2 Å². The van der Waals surface area contributed by atoms with Crippen molar-refractivity contribution in [1.82, 2.24) is 0 Å². The quantitative estimate of drug-likeness (QED) is 0.852. The van der Waals surface area contributed by atoms with Crippen molar-refractivity contribution in [1.29, 1.82) is 0 Å². The lowest BCUT2D eigenvalue weighted by molar-refractivity contribution is 0.394. The molecule has 3 nitrogen and oxygen atoms in total. The molecule has 0 spiro atoms. The average molecular weight is 257 g/mol. The van der Waals surface area contributed by atoms with Crippen LogP contribution in [0.2, 0.25) is 0 Å². The summed E-state index contributed by atoms with van der Waals surface area (Å²) >= 11 is 0. The van der Waals surface area contributed by atoms with Gasteiger partial charge in [-0.25, -0.2) is 0 Å². The van der Waals surface area contributed by atoms with E-state index in [-0.39, 0.29) is 0 Å². The Kier molecular flexibility index (Phi) is 3.95. The van der Waals surface area contributed by atoms with E-state index in [2.05, 4.69) is 13.0 Å². The monoisotopic (exact) mass is 257 g/mol. The molecule has 3 heteroatoms. The minimum absolute atomic E-state index is 0.782. The molecule has 0 heterocycles. The van der Waals surface area contributed by atoms with Gasteiger partial charge in [0.2, 0.25) is 0 Å². The minimum Gasteiger partial charge on any atom is -0.497 e. The fourth-order valence-electron chi connectivity index (χ4n) is 2.07. The van der Waals surface area contributed by atoms with Crippen molar-refractivity contribution < 1.29 is 9.47 Å². The number of aryl methyl sites for hydroxylation is 1. The van der Waals surface area contributed by atoms with Crippen LogP contribution in [0.25, 0.3) is 11.1 Å². The van der Waals surface area contributed by atoms with E-state index in [9.17, 15) is 0 Å². The number of hydrogen-bond acceptors (Lipinski definition) is 3. The molecule has 0 unspecified atom stereocenters. The molecule has 2 rings (SSSR count). The first kappa shape index (κ1) is 13.3. The van der Waals surface area contributed by atoms with Crippen LogP contribution in [0.15, 0.2) is 36.4 Å². The molecule has 19 heavy (non-hydrogen) atoms. The maximum atomic E-state index is 5.94. The summed E-state index contributed by atoms with van der Waals surface area (Å²) in [4.78, 5) is 0. The van der Waals surface area contributed by atoms with Crippen LogP contribution in [-0.2, 0) is 6.42 Å². The maximum Gasteiger partial charge on any atom is 0.123 e. The molecule has 2 aromatic carbocycles. The molecule has 0 aromatic heterocycles. The summed E-state index contributed by atoms with van der Waals surface area (Å²) in [5.74, 6) is 1.56. The van der Waals surface area contributed by atoms with E-state index in [4.69, 9.17) is 15.2 Å². The van der Waals surface area contributed by atoms with Gasteiger partial charge in [-0.15, -0.1) is 0 Å². The maximum absolute atomic E-state index is 5.94. The lowest BCUT2D eigenvalue weighted by Crippen LogP contribution is -1.94. The van der Waals surface area contributed by atoms with Crippen LogP contribution in [0.3, 0.4) is 0 Å². The van der Waals surface area contributed by atoms with E-state index >= 15 is 0 Å². The second-order valence-electron chi connectivity index (χ2n) is 4.37. The molecule has 0 aliphatic carbocycles. The van der Waals surface area contributed by atoms with Gasteiger partial charge in [-0.05, 0) is 47.4 Å². The number of ether oxygens (including phenoxy) is 2. The lowest BCUT2D eigenvalue weighted by atomic mass is 10.0. The Labute approximate surface area is 114 Å². The fraction of sp³-hybridized carbons (Fsp3) is 0.250. The second kappa shape index (κ2) is 5.65. The number of rotatable bonds is 4. The molecule has 0 atom stereocenters. The topological polar surface area (TPSA) is 44.5 Å². The molecular formula is C16H19NO2. The number of anilines is 1. The normalized spacial score (nSPS) is 10.3. The van der Waals surface area contributed by atoms with Crippen LogP contribution in [0.1, 0.15) is 12.5 Å². The van der Waals surface area contributed by atoms with Crippen LogP contribution < -0.4 is 15.2 Å². The van der Waals surface area contributed by atoms with Crippen LogP contribution in [-0.4, -0.2) is 14.2 Å². The zero-order valence-electron chi connectivity index (χ0n) is 11.6. The molecule has 0 bridgehead atoms. The summed E-state index contributed by atoms with van der Waals surface area (Å²) in [7, 11) is 3.30. The first-order chi connectivity index (χ1) is 9.17. The first-order valence-corrected chi connectivity index (χ1v) is 6.29. The zero-order valence-corrected chi connectivity index (χ0v) is 11.6. The minimum atomic E-state index is 0.782. The molecule has 0 aliphatic heterocycles. The van der Waals surface area contributed by atoms with Crippen LogP contribution in [0.4, 0.5) is 5.69 Å². The molecule has 0 amide bonds. The van der Waals surface area contributed by atoms with Gasteiger partial charge >= 0.3 is 0 Å². The van der Waals surface area contributed by atoms with Gasteiger partial charge in [0.15, 0.2) is 0 Å². The van der Waals surface area contributed by atoms with Crippen LogP contribution >= 0.6 is 0 Å². The number of nitrogens with two attached hydrogens (primary N) is 1. The Hall–Kier alpha value is -2.16. The lowest BCUT2D eigenvalue weighted by Gasteiger charge is -2.10. The standard InChI is InChI=1S/C16H19NO2/c1-4-11-7-12(5-6-16(11)17)13-8-14(18-2)10-15(9-13)19-3/h5-10H,4,17H2,1-3H3. The highest BCUT2D eigenvalue weighted by Gasteiger charge is 2.06. The molecule has 0 saturated heterocycles. The van der Waals surface area contributed by atoms with Gasteiger partial charge in [-0.1, -0.05) is 13.0 Å². The summed E-state index contributed by atoms with van der Waals surface area (Å²) in [6, 6.07) is 11.9. The Bertz CT molecular complexity index is 557. The van der Waals surface area contributed by atoms with E-state index in [1.54, 1.807) is 14.2 Å². The van der Waals surface area contributed by atoms with Crippen LogP contribution in [0.5, 0.6) is 11.5 Å². The van der Waals surface area contributed by atoms with Gasteiger partial charge in [0.1, 0.15) is 11.5 Å². The van der Waals surface area contributed by atoms with E-state index in [1.807, 2.05) is 30.3 Å². The molecule has 2 N–H and O–H groups in total. The SMILES string of the molecule is CCc1cc(-c2cc(OC)cc(OC)c2)ccc1N. The predicted octanol–water partition coefficient (Wildman–Crippen LogP) is 3.52. The molecule has 0 saturated carbocycles. The van der Waals surface area contributed by atoms with Crippen molar-refractivity contribution in [2.45, 2.75) is 13.3 Å². The van der Waals surface area contributed by atoms with Crippen LogP contribution in [0, 0.1) is 0 Å². The predicted molar refractivity (Wildman–Crippen MR) is 78.8 cm³/mol. The highest BCUT2D eigenvalue weighted by Crippen LogP contribution is 2.31. The van der Waals surface area contributed by atoms with E-state index in [0.29, 0.717) is 0 Å². The van der Waals surface area contributed by atoms with Gasteiger partial charge in [0, 0.05) is 11.8 Å². The summed E-state index contributed by atoms with van der Waals surface area (Å²) in [5.41, 5.74) is 10.1. The Balaban J connectivity index is 2.51. The van der Waals surface area contributed by atoms with Gasteiger partial charge < -0.3 is 15.2 Å². The summed E-state index contributed by atoms with van der Waals surface area (Å²) in [6.45, 7) is 2.10. The number of hydrogen-bond donors (Lipinski definition) is 1. The van der Waals surface area contributed by atoms with E-state index < -0.39 is 0 Å². The molecule has 2 aromatic rings. The summed E-state index contributed by atoms with van der Waals surface area (Å²) < 4.78 is 10.6. The third kappa shape index (κ3) is 2.81. The largest absolute Gasteiger partial charge is 0.497 e. The van der Waals surface area contributed by atoms with Crippen molar-refractivity contribution in [3.63, 3.8) is 0 Å². The Morgan fingerprint density at radius 2 is 1.53 bits per heavy atom. The summed E-state index contributed by atoms with van der Waals surface area (Å²) in [5, 5.41) is 0. The highest BCUT2D eigenvalue weighted by molar-refractivity contribution is 5.70. The Morgan fingerprint density at radius 1 is 0.895 bits per heavy atom. The number of benzene rings is 2. The van der Waals surface area contributed by atoms with Crippen molar-refractivity contribution in [2.75, 3.05) is 20.0 Å². The highest BCUT2D eigenvalue weighted by atomic mass is 16.5. The van der Waals surface area contributed by atoms with Crippen molar-refractivity contribution >= 4 is 5.69 Å². The van der Waals surface area contributed by atoms with Crippen molar-refractivity contribution in [3.8, 4) is 22.6 Å².